The van der Waals surface area contributed by atoms with Gasteiger partial charge in [0.05, 0.1) is 5.41 Å². The van der Waals surface area contributed by atoms with Gasteiger partial charge in [-0.15, -0.1) is 0 Å². The predicted octanol–water partition coefficient (Wildman–Crippen LogP) is 0.943. The first-order chi connectivity index (χ1) is 8.12. The van der Waals surface area contributed by atoms with E-state index in [0.29, 0.717) is 6.04 Å². The molecule has 2 saturated carbocycles. The van der Waals surface area contributed by atoms with Crippen LogP contribution in [0, 0.1) is 5.41 Å². The van der Waals surface area contributed by atoms with Crippen LogP contribution in [0.1, 0.15) is 44.9 Å². The topological polar surface area (TPSA) is 64.4 Å². The van der Waals surface area contributed by atoms with Crippen LogP contribution in [0.15, 0.2) is 0 Å². The van der Waals surface area contributed by atoms with E-state index in [0.717, 1.165) is 58.2 Å². The van der Waals surface area contributed by atoms with E-state index in [2.05, 4.69) is 5.32 Å². The summed E-state index contributed by atoms with van der Waals surface area (Å²) in [6.07, 6.45) is 6.82. The molecule has 0 aromatic heterocycles. The molecule has 0 aromatic carbocycles. The van der Waals surface area contributed by atoms with Crippen LogP contribution in [0.5, 0.6) is 0 Å². The quantitative estimate of drug-likeness (QED) is 0.752. The zero-order valence-corrected chi connectivity index (χ0v) is 10.3. The summed E-state index contributed by atoms with van der Waals surface area (Å²) in [5, 5.41) is 3.22. The van der Waals surface area contributed by atoms with Gasteiger partial charge in [0.25, 0.3) is 0 Å². The molecular weight excluding hydrogens is 216 g/mol. The van der Waals surface area contributed by atoms with E-state index in [4.69, 9.17) is 10.5 Å². The number of hydrogen-bond donors (Lipinski definition) is 2. The second-order valence-electron chi connectivity index (χ2n) is 6.18. The van der Waals surface area contributed by atoms with Crippen molar-refractivity contribution >= 4 is 5.91 Å². The summed E-state index contributed by atoms with van der Waals surface area (Å²) in [6, 6.07) is 0.319. The van der Waals surface area contributed by atoms with Gasteiger partial charge in [-0.1, -0.05) is 0 Å². The molecule has 2 aliphatic carbocycles. The Balaban J connectivity index is 1.62. The minimum atomic E-state index is -0.132. The van der Waals surface area contributed by atoms with Gasteiger partial charge in [0, 0.05) is 24.8 Å². The van der Waals surface area contributed by atoms with Crippen molar-refractivity contribution in [1.82, 2.24) is 5.32 Å². The van der Waals surface area contributed by atoms with Crippen LogP contribution in [0.3, 0.4) is 0 Å². The fourth-order valence-corrected chi connectivity index (χ4v) is 3.74. The highest BCUT2D eigenvalue weighted by molar-refractivity contribution is 5.84. The van der Waals surface area contributed by atoms with Crippen LogP contribution < -0.4 is 11.1 Å². The Morgan fingerprint density at radius 1 is 1.18 bits per heavy atom. The molecule has 17 heavy (non-hydrogen) atoms. The molecule has 4 heteroatoms. The molecule has 1 aliphatic heterocycles. The fourth-order valence-electron chi connectivity index (χ4n) is 3.74. The van der Waals surface area contributed by atoms with Crippen LogP contribution in [0.4, 0.5) is 0 Å². The van der Waals surface area contributed by atoms with E-state index in [1.54, 1.807) is 0 Å². The highest BCUT2D eigenvalue weighted by Crippen LogP contribution is 2.55. The zero-order valence-electron chi connectivity index (χ0n) is 10.3. The first kappa shape index (κ1) is 11.5. The van der Waals surface area contributed by atoms with E-state index in [1.807, 2.05) is 0 Å². The molecule has 0 unspecified atom stereocenters. The van der Waals surface area contributed by atoms with Crippen molar-refractivity contribution in [1.29, 1.82) is 0 Å². The monoisotopic (exact) mass is 238 g/mol. The van der Waals surface area contributed by atoms with Gasteiger partial charge in [-0.3, -0.25) is 4.79 Å². The van der Waals surface area contributed by atoms with Gasteiger partial charge in [-0.2, -0.15) is 0 Å². The van der Waals surface area contributed by atoms with Crippen molar-refractivity contribution in [3.63, 3.8) is 0 Å². The van der Waals surface area contributed by atoms with Crippen molar-refractivity contribution in [2.45, 2.75) is 56.5 Å². The van der Waals surface area contributed by atoms with E-state index in [-0.39, 0.29) is 16.9 Å². The number of nitrogens with two attached hydrogens (primary N) is 1. The van der Waals surface area contributed by atoms with Gasteiger partial charge >= 0.3 is 0 Å². The van der Waals surface area contributed by atoms with Gasteiger partial charge in [0.15, 0.2) is 0 Å². The summed E-state index contributed by atoms with van der Waals surface area (Å²) >= 11 is 0. The summed E-state index contributed by atoms with van der Waals surface area (Å²) in [7, 11) is 0. The number of hydrogen-bond acceptors (Lipinski definition) is 3. The first-order valence-corrected chi connectivity index (χ1v) is 6.80. The maximum atomic E-state index is 12.4. The predicted molar refractivity (Wildman–Crippen MR) is 64.4 cm³/mol. The Morgan fingerprint density at radius 3 is 2.35 bits per heavy atom. The molecule has 4 nitrogen and oxygen atoms in total. The standard InChI is InChI=1S/C13H22N2O2/c14-13-5-3-12(9-13,4-6-13)11(16)15-10-1-7-17-8-2-10/h10H,1-9,14H2,(H,15,16). The fraction of sp³-hybridized carbons (Fsp3) is 0.923. The number of carbonyl (C=O) groups excluding carboxylic acids is 1. The lowest BCUT2D eigenvalue weighted by atomic mass is 9.83. The molecule has 3 N–H and O–H groups in total. The average Bonchev–Trinajstić information content (AvgIpc) is 2.85. The first-order valence-electron chi connectivity index (χ1n) is 6.80. The van der Waals surface area contributed by atoms with E-state index in [9.17, 15) is 4.79 Å². The lowest BCUT2D eigenvalue weighted by Crippen LogP contribution is -2.45. The Labute approximate surface area is 102 Å². The number of nitrogens with one attached hydrogen (secondary N) is 1. The van der Waals surface area contributed by atoms with Crippen molar-refractivity contribution < 1.29 is 9.53 Å². The van der Waals surface area contributed by atoms with Gasteiger partial charge < -0.3 is 15.8 Å². The van der Waals surface area contributed by atoms with Crippen LogP contribution in [0.2, 0.25) is 0 Å². The van der Waals surface area contributed by atoms with Crippen LogP contribution in [0.25, 0.3) is 0 Å². The Kier molecular flexibility index (Phi) is 2.67. The molecular formula is C13H22N2O2. The van der Waals surface area contributed by atoms with Gasteiger partial charge in [-0.25, -0.2) is 0 Å². The average molecular weight is 238 g/mol. The molecule has 96 valence electrons. The number of amides is 1. The third kappa shape index (κ3) is 1.97. The number of fused-ring (bicyclic) bond motifs is 2. The van der Waals surface area contributed by atoms with Crippen molar-refractivity contribution in [3.05, 3.63) is 0 Å². The smallest absolute Gasteiger partial charge is 0.226 e. The zero-order chi connectivity index (χ0) is 11.9. The van der Waals surface area contributed by atoms with Crippen molar-refractivity contribution in [2.24, 2.45) is 11.1 Å². The largest absolute Gasteiger partial charge is 0.381 e. The number of ether oxygens (including phenoxy) is 1. The number of rotatable bonds is 2. The molecule has 0 aromatic rings. The maximum Gasteiger partial charge on any atom is 0.226 e. The molecule has 1 saturated heterocycles. The molecule has 3 fully saturated rings. The summed E-state index contributed by atoms with van der Waals surface area (Å²) in [4.78, 5) is 12.4. The van der Waals surface area contributed by atoms with Gasteiger partial charge in [0.1, 0.15) is 0 Å². The van der Waals surface area contributed by atoms with Gasteiger partial charge in [0.2, 0.25) is 5.91 Å². The Bertz CT molecular complexity index is 315. The second-order valence-corrected chi connectivity index (χ2v) is 6.18. The van der Waals surface area contributed by atoms with E-state index >= 15 is 0 Å². The lowest BCUT2D eigenvalue weighted by Gasteiger charge is -2.30. The second kappa shape index (κ2) is 3.95. The molecule has 1 heterocycles. The highest BCUT2D eigenvalue weighted by atomic mass is 16.5. The molecule has 0 radical (unpaired) electrons. The van der Waals surface area contributed by atoms with E-state index < -0.39 is 0 Å². The Hall–Kier alpha value is -0.610. The Morgan fingerprint density at radius 2 is 1.82 bits per heavy atom. The SMILES string of the molecule is NC12CCC(C(=O)NC3CCOCC3)(CC1)C2. The summed E-state index contributed by atoms with van der Waals surface area (Å²) in [5.41, 5.74) is 6.09. The molecule has 0 atom stereocenters. The molecule has 0 spiro atoms. The summed E-state index contributed by atoms with van der Waals surface area (Å²) in [5.74, 6) is 0.259. The van der Waals surface area contributed by atoms with Crippen molar-refractivity contribution in [3.8, 4) is 0 Å². The minimum Gasteiger partial charge on any atom is -0.381 e. The van der Waals surface area contributed by atoms with E-state index in [1.165, 1.54) is 0 Å². The molecule has 2 bridgehead atoms. The third-order valence-electron chi connectivity index (χ3n) is 4.93. The highest BCUT2D eigenvalue weighted by Gasteiger charge is 2.56. The summed E-state index contributed by atoms with van der Waals surface area (Å²) < 4.78 is 5.31. The molecule has 1 amide bonds. The minimum absolute atomic E-state index is 0.0347. The number of carbonyl (C=O) groups is 1. The van der Waals surface area contributed by atoms with Crippen molar-refractivity contribution in [2.75, 3.05) is 13.2 Å². The maximum absolute atomic E-state index is 12.4. The normalized spacial score (nSPS) is 41.7. The summed E-state index contributed by atoms with van der Waals surface area (Å²) in [6.45, 7) is 1.55. The molecule has 3 aliphatic rings. The van der Waals surface area contributed by atoms with Crippen LogP contribution >= 0.6 is 0 Å². The third-order valence-corrected chi connectivity index (χ3v) is 4.93. The van der Waals surface area contributed by atoms with Crippen LogP contribution in [-0.4, -0.2) is 30.7 Å². The van der Waals surface area contributed by atoms with Gasteiger partial charge in [-0.05, 0) is 44.9 Å². The van der Waals surface area contributed by atoms with Crippen LogP contribution in [-0.2, 0) is 9.53 Å². The molecule has 3 rings (SSSR count). The lowest BCUT2D eigenvalue weighted by molar-refractivity contribution is -0.132.